The van der Waals surface area contributed by atoms with Crippen molar-refractivity contribution in [3.8, 4) is 6.07 Å². The van der Waals surface area contributed by atoms with E-state index < -0.39 is 0 Å². The van der Waals surface area contributed by atoms with Crippen molar-refractivity contribution in [2.24, 2.45) is 0 Å². The first-order valence-electron chi connectivity index (χ1n) is 6.42. The zero-order valence-corrected chi connectivity index (χ0v) is 11.7. The molecule has 0 amide bonds. The van der Waals surface area contributed by atoms with Gasteiger partial charge in [-0.25, -0.2) is 0 Å². The first-order chi connectivity index (χ1) is 9.77. The van der Waals surface area contributed by atoms with Crippen LogP contribution in [-0.2, 0) is 0 Å². The first-order valence-corrected chi connectivity index (χ1v) is 6.80. The molecule has 1 aromatic carbocycles. The van der Waals surface area contributed by atoms with Crippen molar-refractivity contribution in [1.82, 2.24) is 4.98 Å². The van der Waals surface area contributed by atoms with Crippen LogP contribution in [0.3, 0.4) is 0 Å². The molecular weight excluding hydrogens is 272 g/mol. The number of benzene rings is 1. The third-order valence-electron chi connectivity index (χ3n) is 3.34. The second kappa shape index (κ2) is 7.04. The van der Waals surface area contributed by atoms with Crippen LogP contribution in [0.25, 0.3) is 0 Å². The summed E-state index contributed by atoms with van der Waals surface area (Å²) in [6, 6.07) is 13.7. The highest BCUT2D eigenvalue weighted by molar-refractivity contribution is 6.31. The molecular formula is C16H15ClN2O. The molecule has 4 heteroatoms. The number of hydrogen-bond acceptors (Lipinski definition) is 3. The number of halogens is 1. The Bertz CT molecular complexity index is 595. The van der Waals surface area contributed by atoms with Crippen LogP contribution < -0.4 is 0 Å². The molecule has 3 nitrogen and oxygen atoms in total. The molecule has 0 fully saturated rings. The molecule has 0 aliphatic heterocycles. The van der Waals surface area contributed by atoms with Crippen molar-refractivity contribution in [3.63, 3.8) is 0 Å². The number of hydrogen-bond donors (Lipinski definition) is 1. The third kappa shape index (κ3) is 3.16. The van der Waals surface area contributed by atoms with E-state index in [1.54, 1.807) is 12.4 Å². The minimum atomic E-state index is -0.344. The van der Waals surface area contributed by atoms with E-state index in [0.717, 1.165) is 11.1 Å². The summed E-state index contributed by atoms with van der Waals surface area (Å²) in [6.45, 7) is 0.00827. The van der Waals surface area contributed by atoms with Crippen LogP contribution in [-0.4, -0.2) is 16.7 Å². The van der Waals surface area contributed by atoms with Crippen LogP contribution in [0.2, 0.25) is 5.02 Å². The summed E-state index contributed by atoms with van der Waals surface area (Å²) in [5.41, 5.74) is 1.78. The molecule has 0 aliphatic rings. The minimum absolute atomic E-state index is 0.00827. The Morgan fingerprint density at radius 2 is 2.00 bits per heavy atom. The number of aliphatic hydroxyl groups excluding tert-OH is 1. The predicted octanol–water partition coefficient (Wildman–Crippen LogP) is 3.51. The molecule has 2 aromatic rings. The number of pyridine rings is 1. The van der Waals surface area contributed by atoms with Crippen LogP contribution in [0.4, 0.5) is 0 Å². The van der Waals surface area contributed by atoms with Crippen molar-refractivity contribution in [2.75, 3.05) is 6.61 Å². The van der Waals surface area contributed by atoms with E-state index in [0.29, 0.717) is 11.4 Å². The van der Waals surface area contributed by atoms with Gasteiger partial charge in [-0.05, 0) is 23.6 Å². The fourth-order valence-electron chi connectivity index (χ4n) is 2.38. The molecule has 1 N–H and O–H groups in total. The largest absolute Gasteiger partial charge is 0.396 e. The molecule has 102 valence electrons. The maximum absolute atomic E-state index is 9.54. The quantitative estimate of drug-likeness (QED) is 0.915. The Kier molecular flexibility index (Phi) is 5.11. The van der Waals surface area contributed by atoms with Crippen LogP contribution >= 0.6 is 11.6 Å². The molecule has 1 aromatic heterocycles. The van der Waals surface area contributed by atoms with Crippen molar-refractivity contribution in [2.45, 2.75) is 18.3 Å². The molecule has 2 rings (SSSR count). The van der Waals surface area contributed by atoms with Gasteiger partial charge in [0.1, 0.15) is 0 Å². The summed E-state index contributed by atoms with van der Waals surface area (Å²) in [5.74, 6) is -0.494. The molecule has 0 spiro atoms. The van der Waals surface area contributed by atoms with Crippen LogP contribution in [0.1, 0.15) is 29.4 Å². The van der Waals surface area contributed by atoms with Crippen molar-refractivity contribution < 1.29 is 5.11 Å². The number of nitrogens with zero attached hydrogens (tertiary/aromatic N) is 2. The van der Waals surface area contributed by atoms with E-state index in [9.17, 15) is 10.4 Å². The van der Waals surface area contributed by atoms with Gasteiger partial charge in [-0.15, -0.1) is 0 Å². The Morgan fingerprint density at radius 1 is 1.25 bits per heavy atom. The van der Waals surface area contributed by atoms with E-state index >= 15 is 0 Å². The summed E-state index contributed by atoms with van der Waals surface area (Å²) >= 11 is 6.19. The number of nitriles is 1. The Labute approximate surface area is 123 Å². The van der Waals surface area contributed by atoms with Crippen molar-refractivity contribution in [3.05, 3.63) is 64.9 Å². The lowest BCUT2D eigenvalue weighted by Gasteiger charge is -2.23. The Balaban J connectivity index is 2.42. The predicted molar refractivity (Wildman–Crippen MR) is 78.5 cm³/mol. The van der Waals surface area contributed by atoms with E-state index in [1.807, 2.05) is 36.4 Å². The van der Waals surface area contributed by atoms with E-state index in [2.05, 4.69) is 11.1 Å². The third-order valence-corrected chi connectivity index (χ3v) is 3.66. The molecule has 0 saturated heterocycles. The average molecular weight is 287 g/mol. The topological polar surface area (TPSA) is 56.9 Å². The highest BCUT2D eigenvalue weighted by Crippen LogP contribution is 2.37. The van der Waals surface area contributed by atoms with Gasteiger partial charge < -0.3 is 5.11 Å². The first kappa shape index (κ1) is 14.5. The maximum atomic E-state index is 9.54. The van der Waals surface area contributed by atoms with Gasteiger partial charge in [0.15, 0.2) is 0 Å². The zero-order chi connectivity index (χ0) is 14.4. The number of aliphatic hydroxyl groups is 1. The molecule has 20 heavy (non-hydrogen) atoms. The molecule has 0 bridgehead atoms. The van der Waals surface area contributed by atoms with E-state index in [4.69, 9.17) is 11.6 Å². The van der Waals surface area contributed by atoms with Crippen LogP contribution in [0.5, 0.6) is 0 Å². The van der Waals surface area contributed by atoms with Gasteiger partial charge in [-0.1, -0.05) is 41.9 Å². The summed E-state index contributed by atoms with van der Waals surface area (Å²) in [4.78, 5) is 3.97. The Morgan fingerprint density at radius 3 is 2.60 bits per heavy atom. The van der Waals surface area contributed by atoms with Crippen molar-refractivity contribution >= 4 is 11.6 Å². The highest BCUT2D eigenvalue weighted by Gasteiger charge is 2.26. The summed E-state index contributed by atoms with van der Waals surface area (Å²) in [5, 5.41) is 19.4. The van der Waals surface area contributed by atoms with Gasteiger partial charge in [-0.2, -0.15) is 5.26 Å². The summed E-state index contributed by atoms with van der Waals surface area (Å²) in [7, 11) is 0. The van der Waals surface area contributed by atoms with E-state index in [1.165, 1.54) is 0 Å². The SMILES string of the molecule is N#C[C@H](c1ccccc1)[C@@H](CCO)c1ccncc1Cl. The maximum Gasteiger partial charge on any atom is 0.0782 e. The summed E-state index contributed by atoms with van der Waals surface area (Å²) < 4.78 is 0. The van der Waals surface area contributed by atoms with Gasteiger partial charge in [0, 0.05) is 24.9 Å². The van der Waals surface area contributed by atoms with Gasteiger partial charge in [0.25, 0.3) is 0 Å². The van der Waals surface area contributed by atoms with Gasteiger partial charge in [0.2, 0.25) is 0 Å². The van der Waals surface area contributed by atoms with Gasteiger partial charge in [-0.3, -0.25) is 4.98 Å². The van der Waals surface area contributed by atoms with Crippen molar-refractivity contribution in [1.29, 1.82) is 5.26 Å². The lowest BCUT2D eigenvalue weighted by Crippen LogP contribution is -2.12. The van der Waals surface area contributed by atoms with E-state index in [-0.39, 0.29) is 18.4 Å². The van der Waals surface area contributed by atoms with Gasteiger partial charge in [0.05, 0.1) is 17.0 Å². The minimum Gasteiger partial charge on any atom is -0.396 e. The standard InChI is InChI=1S/C16H15ClN2O/c17-16-11-19-8-6-14(16)13(7-9-20)15(10-18)12-4-2-1-3-5-12/h1-6,8,11,13,15,20H,7,9H2/t13-,15+/m0/s1. The molecule has 0 aliphatic carbocycles. The smallest absolute Gasteiger partial charge is 0.0782 e. The zero-order valence-electron chi connectivity index (χ0n) is 10.9. The number of rotatable bonds is 5. The fourth-order valence-corrected chi connectivity index (χ4v) is 2.64. The molecule has 1 heterocycles. The second-order valence-electron chi connectivity index (χ2n) is 4.53. The van der Waals surface area contributed by atoms with Crippen LogP contribution in [0.15, 0.2) is 48.8 Å². The lowest BCUT2D eigenvalue weighted by atomic mass is 9.81. The lowest BCUT2D eigenvalue weighted by molar-refractivity contribution is 0.272. The molecule has 2 atom stereocenters. The Hall–Kier alpha value is -1.89. The summed E-state index contributed by atoms with van der Waals surface area (Å²) in [6.07, 6.45) is 3.71. The van der Waals surface area contributed by atoms with Crippen LogP contribution in [0, 0.1) is 11.3 Å². The van der Waals surface area contributed by atoms with Gasteiger partial charge >= 0.3 is 0 Å². The second-order valence-corrected chi connectivity index (χ2v) is 4.94. The average Bonchev–Trinajstić information content (AvgIpc) is 2.49. The monoisotopic (exact) mass is 286 g/mol. The fraction of sp³-hybridized carbons (Fsp3) is 0.250. The normalized spacial score (nSPS) is 13.4. The molecule has 0 saturated carbocycles. The molecule has 0 radical (unpaired) electrons. The molecule has 0 unspecified atom stereocenters. The highest BCUT2D eigenvalue weighted by atomic mass is 35.5. The number of aromatic nitrogens is 1.